The first-order valence-corrected chi connectivity index (χ1v) is 7.47. The number of methoxy groups -OCH3 is 1. The third-order valence-corrected chi connectivity index (χ3v) is 4.03. The van der Waals surface area contributed by atoms with Crippen LogP contribution in [-0.2, 0) is 12.8 Å². The zero-order valence-corrected chi connectivity index (χ0v) is 13.2. The average molecular weight is 275 g/mol. The van der Waals surface area contributed by atoms with Crippen molar-refractivity contribution in [1.82, 2.24) is 4.90 Å². The first kappa shape index (κ1) is 14.9. The number of nitrogens with zero attached hydrogens (tertiary/aromatic N) is 1. The highest BCUT2D eigenvalue weighted by Crippen LogP contribution is 2.32. The summed E-state index contributed by atoms with van der Waals surface area (Å²) < 4.78 is 11.3. The maximum Gasteiger partial charge on any atom is 0.134 e. The number of benzene rings is 1. The third-order valence-electron chi connectivity index (χ3n) is 4.03. The molecule has 0 bridgehead atoms. The van der Waals surface area contributed by atoms with Gasteiger partial charge in [-0.1, -0.05) is 13.8 Å². The summed E-state index contributed by atoms with van der Waals surface area (Å²) in [6.45, 7) is 7.34. The normalized spacial score (nSPS) is 18.9. The van der Waals surface area contributed by atoms with Crippen LogP contribution < -0.4 is 4.74 Å². The summed E-state index contributed by atoms with van der Waals surface area (Å²) in [7, 11) is 3.88. The molecule has 1 aromatic heterocycles. The lowest BCUT2D eigenvalue weighted by atomic mass is 10.1. The SMILES string of the molecule is CC.COc1ccc2oc3c(c2c1)CCN(C)C(C)C3. The zero-order chi connectivity index (χ0) is 14.7. The van der Waals surface area contributed by atoms with Crippen LogP contribution in [0, 0.1) is 0 Å². The standard InChI is InChI=1S/C15H19NO2.C2H6/c1-10-8-15-12(6-7-16(10)2)13-9-11(17-3)4-5-14(13)18-15;1-2/h4-5,9-10H,6-8H2,1-3H3;1-2H3. The molecule has 2 heterocycles. The highest BCUT2D eigenvalue weighted by Gasteiger charge is 2.22. The molecule has 1 aliphatic rings. The Morgan fingerprint density at radius 1 is 1.30 bits per heavy atom. The summed E-state index contributed by atoms with van der Waals surface area (Å²) in [5.74, 6) is 2.05. The Morgan fingerprint density at radius 2 is 2.05 bits per heavy atom. The van der Waals surface area contributed by atoms with E-state index < -0.39 is 0 Å². The van der Waals surface area contributed by atoms with Gasteiger partial charge < -0.3 is 14.1 Å². The molecule has 0 fully saturated rings. The molecule has 1 atom stereocenters. The van der Waals surface area contributed by atoms with Gasteiger partial charge in [-0.25, -0.2) is 0 Å². The van der Waals surface area contributed by atoms with Gasteiger partial charge in [0.05, 0.1) is 7.11 Å². The van der Waals surface area contributed by atoms with Crippen molar-refractivity contribution in [2.45, 2.75) is 39.7 Å². The van der Waals surface area contributed by atoms with E-state index in [9.17, 15) is 0 Å². The second-order valence-electron chi connectivity index (χ2n) is 5.15. The summed E-state index contributed by atoms with van der Waals surface area (Å²) in [4.78, 5) is 2.39. The molecule has 0 radical (unpaired) electrons. The maximum atomic E-state index is 6.01. The van der Waals surface area contributed by atoms with E-state index in [1.165, 1.54) is 10.9 Å². The zero-order valence-electron chi connectivity index (χ0n) is 13.2. The van der Waals surface area contributed by atoms with E-state index in [-0.39, 0.29) is 0 Å². The second kappa shape index (κ2) is 6.31. The number of hydrogen-bond donors (Lipinski definition) is 0. The van der Waals surface area contributed by atoms with E-state index >= 15 is 0 Å². The molecule has 0 amide bonds. The van der Waals surface area contributed by atoms with Crippen LogP contribution in [0.4, 0.5) is 0 Å². The van der Waals surface area contributed by atoms with Crippen LogP contribution in [0.3, 0.4) is 0 Å². The van der Waals surface area contributed by atoms with E-state index in [0.29, 0.717) is 6.04 Å². The number of hydrogen-bond acceptors (Lipinski definition) is 3. The number of ether oxygens (including phenoxy) is 1. The lowest BCUT2D eigenvalue weighted by Crippen LogP contribution is -2.30. The maximum absolute atomic E-state index is 6.01. The van der Waals surface area contributed by atoms with E-state index in [4.69, 9.17) is 9.15 Å². The van der Waals surface area contributed by atoms with Crippen molar-refractivity contribution in [2.24, 2.45) is 0 Å². The van der Waals surface area contributed by atoms with Gasteiger partial charge in [0.1, 0.15) is 17.1 Å². The van der Waals surface area contributed by atoms with E-state index in [0.717, 1.165) is 36.5 Å². The number of likely N-dealkylation sites (N-methyl/N-ethyl adjacent to an activating group) is 1. The molecule has 0 N–H and O–H groups in total. The van der Waals surface area contributed by atoms with Crippen molar-refractivity contribution in [3.8, 4) is 5.75 Å². The van der Waals surface area contributed by atoms with Gasteiger partial charge in [-0.05, 0) is 38.6 Å². The summed E-state index contributed by atoms with van der Waals surface area (Å²) in [6, 6.07) is 6.60. The van der Waals surface area contributed by atoms with Gasteiger partial charge >= 0.3 is 0 Å². The summed E-state index contributed by atoms with van der Waals surface area (Å²) >= 11 is 0. The third kappa shape index (κ3) is 2.68. The van der Waals surface area contributed by atoms with Crippen molar-refractivity contribution < 1.29 is 9.15 Å². The lowest BCUT2D eigenvalue weighted by Gasteiger charge is -2.20. The van der Waals surface area contributed by atoms with Crippen LogP contribution in [0.15, 0.2) is 22.6 Å². The van der Waals surface area contributed by atoms with Gasteiger partial charge in [0.25, 0.3) is 0 Å². The first-order chi connectivity index (χ1) is 9.69. The largest absolute Gasteiger partial charge is 0.497 e. The van der Waals surface area contributed by atoms with E-state index in [1.54, 1.807) is 7.11 Å². The molecule has 1 aromatic carbocycles. The Morgan fingerprint density at radius 3 is 2.75 bits per heavy atom. The number of fused-ring (bicyclic) bond motifs is 3. The molecule has 3 nitrogen and oxygen atoms in total. The van der Waals surface area contributed by atoms with Crippen molar-refractivity contribution in [2.75, 3.05) is 20.7 Å². The van der Waals surface area contributed by atoms with Crippen LogP contribution in [0.1, 0.15) is 32.1 Å². The van der Waals surface area contributed by atoms with Crippen LogP contribution in [0.2, 0.25) is 0 Å². The second-order valence-corrected chi connectivity index (χ2v) is 5.15. The topological polar surface area (TPSA) is 25.6 Å². The van der Waals surface area contributed by atoms with Crippen LogP contribution in [-0.4, -0.2) is 31.6 Å². The minimum atomic E-state index is 0.536. The minimum absolute atomic E-state index is 0.536. The summed E-state index contributed by atoms with van der Waals surface area (Å²) in [6.07, 6.45) is 2.04. The Labute approximate surface area is 121 Å². The van der Waals surface area contributed by atoms with Gasteiger partial charge in [0, 0.05) is 30.0 Å². The molecule has 2 aromatic rings. The van der Waals surface area contributed by atoms with Gasteiger partial charge in [-0.3, -0.25) is 0 Å². The van der Waals surface area contributed by atoms with Gasteiger partial charge in [-0.2, -0.15) is 0 Å². The molecule has 1 aliphatic heterocycles. The molecule has 3 rings (SSSR count). The molecule has 3 heteroatoms. The fourth-order valence-electron chi connectivity index (χ4n) is 2.68. The van der Waals surface area contributed by atoms with Crippen LogP contribution >= 0.6 is 0 Å². The number of rotatable bonds is 1. The Kier molecular flexibility index (Phi) is 4.71. The van der Waals surface area contributed by atoms with E-state index in [1.807, 2.05) is 26.0 Å². The molecule has 0 saturated heterocycles. The molecular weight excluding hydrogens is 250 g/mol. The molecule has 0 aliphatic carbocycles. The minimum Gasteiger partial charge on any atom is -0.497 e. The van der Waals surface area contributed by atoms with Gasteiger partial charge in [-0.15, -0.1) is 0 Å². The quantitative estimate of drug-likeness (QED) is 0.789. The van der Waals surface area contributed by atoms with Gasteiger partial charge in [0.2, 0.25) is 0 Å². The lowest BCUT2D eigenvalue weighted by molar-refractivity contribution is 0.262. The molecule has 0 saturated carbocycles. The van der Waals surface area contributed by atoms with Crippen LogP contribution in [0.25, 0.3) is 11.0 Å². The number of furan rings is 1. The van der Waals surface area contributed by atoms with Crippen molar-refractivity contribution in [3.63, 3.8) is 0 Å². The fourth-order valence-corrected chi connectivity index (χ4v) is 2.68. The monoisotopic (exact) mass is 275 g/mol. The van der Waals surface area contributed by atoms with Crippen LogP contribution in [0.5, 0.6) is 5.75 Å². The average Bonchev–Trinajstić information content (AvgIpc) is 2.75. The summed E-state index contributed by atoms with van der Waals surface area (Å²) in [5.41, 5.74) is 2.35. The Hall–Kier alpha value is -1.48. The molecule has 20 heavy (non-hydrogen) atoms. The fraction of sp³-hybridized carbons (Fsp3) is 0.529. The molecule has 1 unspecified atom stereocenters. The van der Waals surface area contributed by atoms with Crippen molar-refractivity contribution >= 4 is 11.0 Å². The first-order valence-electron chi connectivity index (χ1n) is 7.47. The highest BCUT2D eigenvalue weighted by atomic mass is 16.5. The highest BCUT2D eigenvalue weighted by molar-refractivity contribution is 5.84. The predicted octanol–water partition coefficient (Wildman–Crippen LogP) is 3.89. The molecule has 0 spiro atoms. The van der Waals surface area contributed by atoms with Crippen molar-refractivity contribution in [3.05, 3.63) is 29.5 Å². The van der Waals surface area contributed by atoms with E-state index in [2.05, 4.69) is 24.9 Å². The van der Waals surface area contributed by atoms with Gasteiger partial charge in [0.15, 0.2) is 0 Å². The molecule has 110 valence electrons. The Bertz CT molecular complexity index is 574. The molecular formula is C17H25NO2. The smallest absolute Gasteiger partial charge is 0.134 e. The predicted molar refractivity (Wildman–Crippen MR) is 83.6 cm³/mol. The summed E-state index contributed by atoms with van der Waals surface area (Å²) in [5, 5.41) is 1.21. The van der Waals surface area contributed by atoms with Crippen molar-refractivity contribution in [1.29, 1.82) is 0 Å². The Balaban J connectivity index is 0.000000704.